The third-order valence-electron chi connectivity index (χ3n) is 5.90. The molecule has 2 aliphatic heterocycles. The summed E-state index contributed by atoms with van der Waals surface area (Å²) in [4.78, 5) is 22.2. The van der Waals surface area contributed by atoms with Crippen LogP contribution >= 0.6 is 11.3 Å². The molecule has 6 nitrogen and oxygen atoms in total. The quantitative estimate of drug-likeness (QED) is 0.645. The zero-order valence-electron chi connectivity index (χ0n) is 17.0. The number of hydrogen-bond donors (Lipinski definition) is 0. The van der Waals surface area contributed by atoms with Gasteiger partial charge in [-0.25, -0.2) is 4.98 Å². The molecule has 0 saturated carbocycles. The maximum Gasteiger partial charge on any atom is 0.229 e. The highest BCUT2D eigenvalue weighted by Gasteiger charge is 2.31. The van der Waals surface area contributed by atoms with E-state index in [1.54, 1.807) is 18.4 Å². The van der Waals surface area contributed by atoms with Crippen molar-refractivity contribution in [3.05, 3.63) is 53.0 Å². The van der Waals surface area contributed by atoms with Crippen molar-refractivity contribution in [2.24, 2.45) is 5.92 Å². The van der Waals surface area contributed by atoms with Gasteiger partial charge in [0.05, 0.1) is 29.8 Å². The molecule has 0 spiro atoms. The van der Waals surface area contributed by atoms with Crippen LogP contribution in [-0.4, -0.2) is 60.6 Å². The lowest BCUT2D eigenvalue weighted by Crippen LogP contribution is -2.51. The normalized spacial score (nSPS) is 19.4. The fourth-order valence-electron chi connectivity index (χ4n) is 4.22. The summed E-state index contributed by atoms with van der Waals surface area (Å²) in [6.07, 6.45) is 0.706. The second-order valence-corrected chi connectivity index (χ2v) is 8.98. The van der Waals surface area contributed by atoms with Gasteiger partial charge in [-0.05, 0) is 42.3 Å². The smallest absolute Gasteiger partial charge is 0.229 e. The number of ether oxygens (including phenoxy) is 2. The first-order valence-corrected chi connectivity index (χ1v) is 11.2. The minimum absolute atomic E-state index is 0.125. The van der Waals surface area contributed by atoms with Crippen LogP contribution in [0.5, 0.6) is 11.5 Å². The molecular formula is C23H25N3O3S. The largest absolute Gasteiger partial charge is 0.497 e. The van der Waals surface area contributed by atoms with Crippen LogP contribution in [0.1, 0.15) is 10.6 Å². The van der Waals surface area contributed by atoms with Gasteiger partial charge in [-0.1, -0.05) is 12.1 Å². The van der Waals surface area contributed by atoms with Crippen molar-refractivity contribution < 1.29 is 14.3 Å². The van der Waals surface area contributed by atoms with Crippen LogP contribution in [0.15, 0.2) is 42.5 Å². The average molecular weight is 424 g/mol. The first-order chi connectivity index (χ1) is 14.7. The van der Waals surface area contributed by atoms with E-state index in [0.717, 1.165) is 60.3 Å². The fourth-order valence-corrected chi connectivity index (χ4v) is 5.23. The first kappa shape index (κ1) is 19.3. The van der Waals surface area contributed by atoms with Gasteiger partial charge in [-0.15, -0.1) is 11.3 Å². The summed E-state index contributed by atoms with van der Waals surface area (Å²) < 4.78 is 12.4. The first-order valence-electron chi connectivity index (χ1n) is 10.3. The molecule has 0 N–H and O–H groups in total. The number of benzene rings is 2. The van der Waals surface area contributed by atoms with Gasteiger partial charge in [0, 0.05) is 26.2 Å². The molecule has 30 heavy (non-hydrogen) atoms. The fraction of sp³-hybridized carbons (Fsp3) is 0.391. The molecule has 156 valence electrons. The van der Waals surface area contributed by atoms with E-state index >= 15 is 0 Å². The van der Waals surface area contributed by atoms with Gasteiger partial charge in [-0.2, -0.15) is 0 Å². The third-order valence-corrected chi connectivity index (χ3v) is 6.93. The zero-order valence-corrected chi connectivity index (χ0v) is 17.9. The number of nitrogens with zero attached hydrogens (tertiary/aromatic N) is 3. The number of amides is 1. The molecule has 1 fully saturated rings. The highest BCUT2D eigenvalue weighted by molar-refractivity contribution is 7.18. The van der Waals surface area contributed by atoms with E-state index in [9.17, 15) is 4.79 Å². The highest BCUT2D eigenvalue weighted by atomic mass is 32.1. The molecule has 0 bridgehead atoms. The summed E-state index contributed by atoms with van der Waals surface area (Å²) in [7, 11) is 1.65. The zero-order chi connectivity index (χ0) is 20.5. The Morgan fingerprint density at radius 2 is 2.03 bits per heavy atom. The van der Waals surface area contributed by atoms with E-state index in [-0.39, 0.29) is 11.8 Å². The SMILES string of the molecule is COc1ccc2c(c1)CC(C(=O)N1CCN(Cc3nc4ccccc4s3)CC1)CO2. The van der Waals surface area contributed by atoms with Crippen LogP contribution in [0.4, 0.5) is 0 Å². The van der Waals surface area contributed by atoms with Crippen molar-refractivity contribution in [3.63, 3.8) is 0 Å². The number of rotatable bonds is 4. The predicted molar refractivity (Wildman–Crippen MR) is 117 cm³/mol. The molecule has 2 aliphatic rings. The number of aromatic nitrogens is 1. The van der Waals surface area contributed by atoms with E-state index in [0.29, 0.717) is 13.0 Å². The van der Waals surface area contributed by atoms with Crippen molar-refractivity contribution in [1.29, 1.82) is 0 Å². The molecule has 7 heteroatoms. The lowest BCUT2D eigenvalue weighted by Gasteiger charge is -2.37. The minimum atomic E-state index is -0.125. The molecule has 1 aromatic heterocycles. The van der Waals surface area contributed by atoms with Crippen molar-refractivity contribution in [2.75, 3.05) is 39.9 Å². The summed E-state index contributed by atoms with van der Waals surface area (Å²) in [5.74, 6) is 1.73. The molecule has 0 radical (unpaired) electrons. The number of methoxy groups -OCH3 is 1. The van der Waals surface area contributed by atoms with Gasteiger partial charge in [0.1, 0.15) is 23.1 Å². The monoisotopic (exact) mass is 423 g/mol. The van der Waals surface area contributed by atoms with Crippen molar-refractivity contribution in [1.82, 2.24) is 14.8 Å². The predicted octanol–water partition coefficient (Wildman–Crippen LogP) is 3.20. The molecule has 5 rings (SSSR count). The standard InChI is InChI=1S/C23H25N3O3S/c1-28-18-6-7-20-16(13-18)12-17(15-29-20)23(27)26-10-8-25(9-11-26)14-22-24-19-4-2-3-5-21(19)30-22/h2-7,13,17H,8-12,14-15H2,1H3. The Bertz CT molecular complexity index is 1030. The molecule has 1 amide bonds. The van der Waals surface area contributed by atoms with Gasteiger partial charge in [0.2, 0.25) is 5.91 Å². The lowest BCUT2D eigenvalue weighted by molar-refractivity contribution is -0.138. The number of fused-ring (bicyclic) bond motifs is 2. The number of hydrogen-bond acceptors (Lipinski definition) is 6. The van der Waals surface area contributed by atoms with Gasteiger partial charge in [0.25, 0.3) is 0 Å². The Balaban J connectivity index is 1.17. The van der Waals surface area contributed by atoms with E-state index in [2.05, 4.69) is 23.1 Å². The second-order valence-electron chi connectivity index (χ2n) is 7.86. The van der Waals surface area contributed by atoms with Crippen molar-refractivity contribution >= 4 is 27.5 Å². The summed E-state index contributed by atoms with van der Waals surface area (Å²) in [6.45, 7) is 4.56. The van der Waals surface area contributed by atoms with Gasteiger partial charge in [0.15, 0.2) is 0 Å². The van der Waals surface area contributed by atoms with Crippen LogP contribution in [-0.2, 0) is 17.8 Å². The average Bonchev–Trinajstić information content (AvgIpc) is 3.20. The Kier molecular flexibility index (Phi) is 5.31. The topological polar surface area (TPSA) is 54.9 Å². The Morgan fingerprint density at radius 3 is 2.83 bits per heavy atom. The van der Waals surface area contributed by atoms with Gasteiger partial charge < -0.3 is 14.4 Å². The molecule has 3 heterocycles. The van der Waals surface area contributed by atoms with E-state index in [4.69, 9.17) is 14.5 Å². The number of carbonyl (C=O) groups is 1. The minimum Gasteiger partial charge on any atom is -0.497 e. The molecular weight excluding hydrogens is 398 g/mol. The number of piperazine rings is 1. The molecule has 1 saturated heterocycles. The van der Waals surface area contributed by atoms with Crippen molar-refractivity contribution in [2.45, 2.75) is 13.0 Å². The molecule has 0 aliphatic carbocycles. The van der Waals surface area contributed by atoms with Crippen LogP contribution in [0.3, 0.4) is 0 Å². The molecule has 1 atom stereocenters. The van der Waals surface area contributed by atoms with E-state index in [1.807, 2.05) is 29.2 Å². The number of thiazole rings is 1. The molecule has 3 aromatic rings. The molecule has 1 unspecified atom stereocenters. The highest BCUT2D eigenvalue weighted by Crippen LogP contribution is 2.31. The van der Waals surface area contributed by atoms with Crippen molar-refractivity contribution in [3.8, 4) is 11.5 Å². The second kappa shape index (κ2) is 8.24. The summed E-state index contributed by atoms with van der Waals surface area (Å²) in [5.41, 5.74) is 2.12. The van der Waals surface area contributed by atoms with Crippen LogP contribution < -0.4 is 9.47 Å². The van der Waals surface area contributed by atoms with E-state index < -0.39 is 0 Å². The van der Waals surface area contributed by atoms with Gasteiger partial charge in [-0.3, -0.25) is 9.69 Å². The maximum atomic E-state index is 13.1. The van der Waals surface area contributed by atoms with E-state index in [1.165, 1.54) is 4.70 Å². The lowest BCUT2D eigenvalue weighted by atomic mass is 9.95. The third kappa shape index (κ3) is 3.87. The summed E-state index contributed by atoms with van der Waals surface area (Å²) in [6, 6.07) is 14.1. The maximum absolute atomic E-state index is 13.1. The Labute approximate surface area is 180 Å². The van der Waals surface area contributed by atoms with Crippen LogP contribution in [0.25, 0.3) is 10.2 Å². The Hall–Kier alpha value is -2.64. The summed E-state index contributed by atoms with van der Waals surface area (Å²) >= 11 is 1.76. The molecule has 2 aromatic carbocycles. The van der Waals surface area contributed by atoms with Gasteiger partial charge >= 0.3 is 0 Å². The summed E-state index contributed by atoms with van der Waals surface area (Å²) in [5, 5.41) is 1.14. The van der Waals surface area contributed by atoms with Crippen LogP contribution in [0, 0.1) is 5.92 Å². The number of para-hydroxylation sites is 1. The Morgan fingerprint density at radius 1 is 1.20 bits per heavy atom. The number of carbonyl (C=O) groups excluding carboxylic acids is 1. The van der Waals surface area contributed by atoms with Crippen LogP contribution in [0.2, 0.25) is 0 Å².